The zero-order valence-electron chi connectivity index (χ0n) is 16.5. The molecule has 1 aliphatic heterocycles. The molecular formula is C20H21ClF3N3O3. The number of carbonyl (C=O) groups is 1. The van der Waals surface area contributed by atoms with Gasteiger partial charge in [0.2, 0.25) is 0 Å². The third-order valence-corrected chi connectivity index (χ3v) is 5.01. The lowest BCUT2D eigenvalue weighted by molar-refractivity contribution is -0.137. The predicted molar refractivity (Wildman–Crippen MR) is 107 cm³/mol. The molecule has 1 fully saturated rings. The fourth-order valence-electron chi connectivity index (χ4n) is 3.19. The van der Waals surface area contributed by atoms with Gasteiger partial charge in [0.1, 0.15) is 5.82 Å². The van der Waals surface area contributed by atoms with Crippen molar-refractivity contribution < 1.29 is 27.4 Å². The molecule has 2 heterocycles. The minimum absolute atomic E-state index is 0.210. The fraction of sp³-hybridized carbons (Fsp3) is 0.400. The molecule has 0 bridgehead atoms. The molecule has 2 aromatic rings. The number of pyridine rings is 1. The van der Waals surface area contributed by atoms with E-state index in [9.17, 15) is 18.0 Å². The molecule has 1 aliphatic rings. The van der Waals surface area contributed by atoms with Crippen LogP contribution in [0.2, 0.25) is 5.02 Å². The van der Waals surface area contributed by atoms with E-state index in [1.807, 2.05) is 11.8 Å². The van der Waals surface area contributed by atoms with Crippen LogP contribution in [0.4, 0.5) is 19.0 Å². The number of aromatic nitrogens is 1. The van der Waals surface area contributed by atoms with Crippen LogP contribution in [0.1, 0.15) is 22.8 Å². The number of anilines is 1. The summed E-state index contributed by atoms with van der Waals surface area (Å²) in [6, 6.07) is 5.48. The Morgan fingerprint density at radius 3 is 2.43 bits per heavy atom. The highest BCUT2D eigenvalue weighted by Gasteiger charge is 2.31. The Morgan fingerprint density at radius 2 is 1.90 bits per heavy atom. The molecule has 0 aliphatic carbocycles. The highest BCUT2D eigenvalue weighted by Crippen LogP contribution is 2.37. The summed E-state index contributed by atoms with van der Waals surface area (Å²) in [5.41, 5.74) is -0.414. The van der Waals surface area contributed by atoms with Crippen LogP contribution in [0.3, 0.4) is 0 Å². The number of hydrogen-bond acceptors (Lipinski definition) is 5. The number of halogens is 4. The van der Waals surface area contributed by atoms with E-state index in [0.29, 0.717) is 55.7 Å². The van der Waals surface area contributed by atoms with Crippen LogP contribution < -0.4 is 14.4 Å². The first kappa shape index (κ1) is 22.0. The molecule has 6 nitrogen and oxygen atoms in total. The van der Waals surface area contributed by atoms with Gasteiger partial charge in [-0.2, -0.15) is 13.2 Å². The summed E-state index contributed by atoms with van der Waals surface area (Å²) < 4.78 is 48.8. The molecule has 1 saturated heterocycles. The number of alkyl halides is 3. The van der Waals surface area contributed by atoms with Gasteiger partial charge >= 0.3 is 6.18 Å². The summed E-state index contributed by atoms with van der Waals surface area (Å²) in [4.78, 5) is 20.3. The maximum absolute atomic E-state index is 12.9. The number of benzene rings is 1. The Kier molecular flexibility index (Phi) is 6.60. The molecule has 3 rings (SSSR count). The van der Waals surface area contributed by atoms with Crippen molar-refractivity contribution >= 4 is 23.3 Å². The molecule has 10 heteroatoms. The van der Waals surface area contributed by atoms with Crippen molar-refractivity contribution in [3.8, 4) is 11.5 Å². The van der Waals surface area contributed by atoms with Gasteiger partial charge in [-0.3, -0.25) is 4.79 Å². The van der Waals surface area contributed by atoms with E-state index >= 15 is 0 Å². The average molecular weight is 444 g/mol. The Bertz CT molecular complexity index is 899. The summed E-state index contributed by atoms with van der Waals surface area (Å²) in [5.74, 6) is 0.996. The van der Waals surface area contributed by atoms with Crippen molar-refractivity contribution in [1.29, 1.82) is 0 Å². The monoisotopic (exact) mass is 443 g/mol. The van der Waals surface area contributed by atoms with Crippen molar-refractivity contribution in [3.05, 3.63) is 46.6 Å². The van der Waals surface area contributed by atoms with E-state index in [-0.39, 0.29) is 10.9 Å². The molecule has 0 spiro atoms. The zero-order chi connectivity index (χ0) is 21.9. The summed E-state index contributed by atoms with van der Waals surface area (Å²) in [7, 11) is 1.47. The Labute approximate surface area is 177 Å². The molecule has 0 N–H and O–H groups in total. The molecule has 1 amide bonds. The lowest BCUT2D eigenvalue weighted by atomic mass is 10.1. The first-order valence-electron chi connectivity index (χ1n) is 9.32. The van der Waals surface area contributed by atoms with Crippen LogP contribution in [-0.2, 0) is 6.18 Å². The first-order chi connectivity index (χ1) is 14.2. The summed E-state index contributed by atoms with van der Waals surface area (Å²) in [6.07, 6.45) is -3.60. The second kappa shape index (κ2) is 8.99. The van der Waals surface area contributed by atoms with Gasteiger partial charge in [-0.25, -0.2) is 4.98 Å². The summed E-state index contributed by atoms with van der Waals surface area (Å²) in [5, 5.41) is 0.284. The normalized spacial score (nSPS) is 14.6. The molecule has 0 saturated carbocycles. The number of methoxy groups -OCH3 is 1. The van der Waals surface area contributed by atoms with Crippen molar-refractivity contribution in [3.63, 3.8) is 0 Å². The number of ether oxygens (including phenoxy) is 2. The average Bonchev–Trinajstić information content (AvgIpc) is 2.74. The Hall–Kier alpha value is -2.68. The number of amides is 1. The van der Waals surface area contributed by atoms with E-state index in [2.05, 4.69) is 4.98 Å². The minimum atomic E-state index is -4.42. The summed E-state index contributed by atoms with van der Waals surface area (Å²) in [6.45, 7) is 3.92. The quantitative estimate of drug-likeness (QED) is 0.695. The second-order valence-electron chi connectivity index (χ2n) is 6.60. The lowest BCUT2D eigenvalue weighted by Gasteiger charge is -2.35. The lowest BCUT2D eigenvalue weighted by Crippen LogP contribution is -2.49. The molecule has 1 aromatic carbocycles. The molecule has 0 atom stereocenters. The molecule has 0 radical (unpaired) electrons. The number of carbonyl (C=O) groups excluding carboxylic acids is 1. The molecule has 30 heavy (non-hydrogen) atoms. The molecule has 1 aromatic heterocycles. The first-order valence-corrected chi connectivity index (χ1v) is 9.70. The van der Waals surface area contributed by atoms with Crippen molar-refractivity contribution in [2.24, 2.45) is 0 Å². The van der Waals surface area contributed by atoms with Crippen LogP contribution in [0.25, 0.3) is 0 Å². The van der Waals surface area contributed by atoms with E-state index in [0.717, 1.165) is 12.3 Å². The third-order valence-electron chi connectivity index (χ3n) is 4.73. The fourth-order valence-corrected chi connectivity index (χ4v) is 3.45. The topological polar surface area (TPSA) is 54.9 Å². The van der Waals surface area contributed by atoms with Gasteiger partial charge in [0.25, 0.3) is 5.91 Å². The standard InChI is InChI=1S/C20H21ClF3N3O3/c1-3-30-18-15(21)10-13(11-16(18)29-2)19(28)27-8-6-26(7-9-27)17-5-4-14(12-25-17)20(22,23)24/h4-5,10-12H,3,6-9H2,1-2H3. The van der Waals surface area contributed by atoms with E-state index in [4.69, 9.17) is 21.1 Å². The highest BCUT2D eigenvalue weighted by molar-refractivity contribution is 6.32. The van der Waals surface area contributed by atoms with Crippen LogP contribution in [0.15, 0.2) is 30.5 Å². The van der Waals surface area contributed by atoms with Crippen molar-refractivity contribution in [2.45, 2.75) is 13.1 Å². The second-order valence-corrected chi connectivity index (χ2v) is 7.01. The Morgan fingerprint density at radius 1 is 1.20 bits per heavy atom. The third kappa shape index (κ3) is 4.72. The van der Waals surface area contributed by atoms with Gasteiger partial charge in [-0.1, -0.05) is 11.6 Å². The number of piperazine rings is 1. The van der Waals surface area contributed by atoms with Gasteiger partial charge in [0.15, 0.2) is 11.5 Å². The predicted octanol–water partition coefficient (Wildman–Crippen LogP) is 4.12. The van der Waals surface area contributed by atoms with Gasteiger partial charge in [0, 0.05) is 37.9 Å². The van der Waals surface area contributed by atoms with Crippen molar-refractivity contribution in [1.82, 2.24) is 9.88 Å². The van der Waals surface area contributed by atoms with Gasteiger partial charge < -0.3 is 19.3 Å². The maximum Gasteiger partial charge on any atom is 0.417 e. The van der Waals surface area contributed by atoms with Crippen molar-refractivity contribution in [2.75, 3.05) is 44.8 Å². The van der Waals surface area contributed by atoms with Gasteiger partial charge in [-0.05, 0) is 31.2 Å². The minimum Gasteiger partial charge on any atom is -0.493 e. The smallest absolute Gasteiger partial charge is 0.417 e. The van der Waals surface area contributed by atoms with Crippen LogP contribution in [0, 0.1) is 0 Å². The molecule has 162 valence electrons. The summed E-state index contributed by atoms with van der Waals surface area (Å²) >= 11 is 6.25. The van der Waals surface area contributed by atoms with Crippen LogP contribution >= 0.6 is 11.6 Å². The SMILES string of the molecule is CCOc1c(Cl)cc(C(=O)N2CCN(c3ccc(C(F)(F)F)cn3)CC2)cc1OC. The van der Waals surface area contributed by atoms with Gasteiger partial charge in [0.05, 0.1) is 24.3 Å². The Balaban J connectivity index is 1.67. The van der Waals surface area contributed by atoms with Gasteiger partial charge in [-0.15, -0.1) is 0 Å². The van der Waals surface area contributed by atoms with E-state index in [1.54, 1.807) is 17.0 Å². The van der Waals surface area contributed by atoms with Crippen LogP contribution in [-0.4, -0.2) is 55.7 Å². The number of rotatable bonds is 5. The van der Waals surface area contributed by atoms with E-state index in [1.165, 1.54) is 13.2 Å². The van der Waals surface area contributed by atoms with E-state index < -0.39 is 11.7 Å². The molecule has 0 unspecified atom stereocenters. The molecular weight excluding hydrogens is 423 g/mol. The number of hydrogen-bond donors (Lipinski definition) is 0. The number of nitrogens with zero attached hydrogens (tertiary/aromatic N) is 3. The highest BCUT2D eigenvalue weighted by atomic mass is 35.5. The maximum atomic E-state index is 12.9. The van der Waals surface area contributed by atoms with Crippen LogP contribution in [0.5, 0.6) is 11.5 Å². The largest absolute Gasteiger partial charge is 0.493 e. The zero-order valence-corrected chi connectivity index (χ0v) is 17.3.